The largest absolute Gasteiger partial charge is 0.502 e. The van der Waals surface area contributed by atoms with Gasteiger partial charge in [0, 0.05) is 34.0 Å². The molecule has 0 atom stereocenters. The van der Waals surface area contributed by atoms with Crippen LogP contribution in [0.25, 0.3) is 6.08 Å². The summed E-state index contributed by atoms with van der Waals surface area (Å²) in [7, 11) is 0. The Kier molecular flexibility index (Phi) is 7.39. The Morgan fingerprint density at radius 1 is 0.969 bits per heavy atom. The molecule has 32 heavy (non-hydrogen) atoms. The van der Waals surface area contributed by atoms with Crippen LogP contribution in [0.4, 0.5) is 11.4 Å². The first kappa shape index (κ1) is 23.2. The molecule has 0 spiro atoms. The lowest BCUT2D eigenvalue weighted by molar-refractivity contribution is -0.385. The van der Waals surface area contributed by atoms with E-state index < -0.39 is 21.3 Å². The van der Waals surface area contributed by atoms with Crippen molar-refractivity contribution in [1.82, 2.24) is 0 Å². The lowest BCUT2D eigenvalue weighted by Crippen LogP contribution is -2.02. The van der Waals surface area contributed by atoms with E-state index in [1.165, 1.54) is 60.3 Å². The third-order valence-electron chi connectivity index (χ3n) is 4.37. The van der Waals surface area contributed by atoms with Crippen molar-refractivity contribution in [2.24, 2.45) is 0 Å². The maximum atomic E-state index is 13.1. The van der Waals surface area contributed by atoms with Gasteiger partial charge in [0.2, 0.25) is 0 Å². The van der Waals surface area contributed by atoms with Gasteiger partial charge in [-0.05, 0) is 47.5 Å². The van der Waals surface area contributed by atoms with Crippen molar-refractivity contribution >= 4 is 50.9 Å². The van der Waals surface area contributed by atoms with E-state index in [9.17, 15) is 30.1 Å². The van der Waals surface area contributed by atoms with Crippen LogP contribution in [0.2, 0.25) is 0 Å². The lowest BCUT2D eigenvalue weighted by Gasteiger charge is -2.08. The Balaban J connectivity index is 1.96. The van der Waals surface area contributed by atoms with Crippen LogP contribution in [-0.4, -0.2) is 20.7 Å². The van der Waals surface area contributed by atoms with Crippen molar-refractivity contribution < 1.29 is 19.7 Å². The Bertz CT molecular complexity index is 1210. The zero-order valence-electron chi connectivity index (χ0n) is 16.3. The molecule has 0 saturated carbocycles. The van der Waals surface area contributed by atoms with Crippen molar-refractivity contribution in [3.63, 3.8) is 0 Å². The summed E-state index contributed by atoms with van der Waals surface area (Å²) in [4.78, 5) is 34.2. The SMILES string of the molecule is O=C(/C(=C\c1ccc(O)c([N+](=O)[O-])c1)SCc1ccc(Br)cc1)c1ccc([N+](=O)[O-])cc1. The van der Waals surface area contributed by atoms with Crippen LogP contribution in [0.1, 0.15) is 21.5 Å². The highest BCUT2D eigenvalue weighted by Gasteiger charge is 2.17. The monoisotopic (exact) mass is 514 g/mol. The molecule has 0 bridgehead atoms. The van der Waals surface area contributed by atoms with E-state index in [1.54, 1.807) is 0 Å². The maximum absolute atomic E-state index is 13.1. The number of rotatable bonds is 8. The highest BCUT2D eigenvalue weighted by atomic mass is 79.9. The number of benzene rings is 3. The fourth-order valence-electron chi connectivity index (χ4n) is 2.72. The van der Waals surface area contributed by atoms with Gasteiger partial charge in [0.1, 0.15) is 0 Å². The van der Waals surface area contributed by atoms with Gasteiger partial charge in [0.15, 0.2) is 11.5 Å². The van der Waals surface area contributed by atoms with Gasteiger partial charge in [-0.1, -0.05) is 34.1 Å². The van der Waals surface area contributed by atoms with Crippen molar-refractivity contribution in [1.29, 1.82) is 0 Å². The topological polar surface area (TPSA) is 124 Å². The van der Waals surface area contributed by atoms with E-state index in [0.717, 1.165) is 10.0 Å². The number of thioether (sulfide) groups is 1. The number of carbonyl (C=O) groups excluding carboxylic acids is 1. The number of hydrogen-bond acceptors (Lipinski definition) is 7. The van der Waals surface area contributed by atoms with E-state index in [4.69, 9.17) is 0 Å². The molecule has 0 unspecified atom stereocenters. The minimum Gasteiger partial charge on any atom is -0.502 e. The molecule has 0 aliphatic heterocycles. The van der Waals surface area contributed by atoms with Crippen LogP contribution in [0.5, 0.6) is 5.75 Å². The number of phenols is 1. The molecular weight excluding hydrogens is 500 g/mol. The maximum Gasteiger partial charge on any atom is 0.311 e. The van der Waals surface area contributed by atoms with Gasteiger partial charge in [-0.15, -0.1) is 11.8 Å². The summed E-state index contributed by atoms with van der Waals surface area (Å²) in [5.41, 5.74) is 0.960. The van der Waals surface area contributed by atoms with Gasteiger partial charge < -0.3 is 5.11 Å². The van der Waals surface area contributed by atoms with E-state index >= 15 is 0 Å². The molecule has 0 fully saturated rings. The van der Waals surface area contributed by atoms with Gasteiger partial charge in [-0.3, -0.25) is 25.0 Å². The number of halogens is 1. The van der Waals surface area contributed by atoms with Gasteiger partial charge >= 0.3 is 5.69 Å². The molecule has 3 aromatic rings. The summed E-state index contributed by atoms with van der Waals surface area (Å²) in [5, 5.41) is 31.7. The van der Waals surface area contributed by atoms with Gasteiger partial charge in [0.25, 0.3) is 5.69 Å². The number of allylic oxidation sites excluding steroid dienone is 1. The van der Waals surface area contributed by atoms with Gasteiger partial charge in [-0.2, -0.15) is 0 Å². The molecule has 0 radical (unpaired) electrons. The molecule has 10 heteroatoms. The summed E-state index contributed by atoms with van der Waals surface area (Å²) >= 11 is 4.61. The molecule has 162 valence electrons. The number of nitro benzene ring substituents is 2. The molecule has 3 rings (SSSR count). The second-order valence-corrected chi connectivity index (χ2v) is 8.49. The molecule has 0 amide bonds. The molecule has 3 aromatic carbocycles. The number of non-ortho nitro benzene ring substituents is 1. The molecule has 0 aliphatic carbocycles. The van der Waals surface area contributed by atoms with Gasteiger partial charge in [0.05, 0.1) is 14.8 Å². The van der Waals surface area contributed by atoms with E-state index in [1.807, 2.05) is 24.3 Å². The summed E-state index contributed by atoms with van der Waals surface area (Å²) in [5.74, 6) is -0.395. The zero-order valence-corrected chi connectivity index (χ0v) is 18.7. The average molecular weight is 515 g/mol. The number of ketones is 1. The second-order valence-electron chi connectivity index (χ2n) is 6.56. The van der Waals surface area contributed by atoms with Crippen LogP contribution in [0.15, 0.2) is 76.1 Å². The quantitative estimate of drug-likeness (QED) is 0.166. The van der Waals surface area contributed by atoms with Crippen molar-refractivity contribution in [3.8, 4) is 5.75 Å². The third-order valence-corrected chi connectivity index (χ3v) is 5.99. The number of aromatic hydroxyl groups is 1. The average Bonchev–Trinajstić information content (AvgIpc) is 2.78. The van der Waals surface area contributed by atoms with Crippen molar-refractivity contribution in [2.75, 3.05) is 0 Å². The molecular formula is C22H15BrN2O6S. The first-order chi connectivity index (χ1) is 15.2. The van der Waals surface area contributed by atoms with E-state index in [0.29, 0.717) is 16.2 Å². The molecule has 8 nitrogen and oxygen atoms in total. The first-order valence-corrected chi connectivity index (χ1v) is 10.9. The van der Waals surface area contributed by atoms with Crippen LogP contribution in [0, 0.1) is 20.2 Å². The second kappa shape index (κ2) is 10.2. The van der Waals surface area contributed by atoms with E-state index in [2.05, 4.69) is 15.9 Å². The first-order valence-electron chi connectivity index (χ1n) is 9.10. The van der Waals surface area contributed by atoms with Crippen LogP contribution in [-0.2, 0) is 5.75 Å². The summed E-state index contributed by atoms with van der Waals surface area (Å²) in [6.07, 6.45) is 1.50. The Labute approximate surface area is 195 Å². The van der Waals surface area contributed by atoms with Crippen molar-refractivity contribution in [2.45, 2.75) is 5.75 Å². The number of phenolic OH excluding ortho intramolecular Hbond substituents is 1. The number of Topliss-reactive ketones (excluding diaryl/α,β-unsaturated/α-hetero) is 1. The number of hydrogen-bond donors (Lipinski definition) is 1. The normalized spacial score (nSPS) is 11.2. The Morgan fingerprint density at radius 2 is 1.62 bits per heavy atom. The van der Waals surface area contributed by atoms with Crippen LogP contribution < -0.4 is 0 Å². The lowest BCUT2D eigenvalue weighted by atomic mass is 10.1. The number of nitrogens with zero attached hydrogens (tertiary/aromatic N) is 2. The molecule has 0 aliphatic rings. The Hall–Kier alpha value is -3.50. The smallest absolute Gasteiger partial charge is 0.311 e. The van der Waals surface area contributed by atoms with E-state index in [-0.39, 0.29) is 17.0 Å². The van der Waals surface area contributed by atoms with Crippen molar-refractivity contribution in [3.05, 3.63) is 113 Å². The summed E-state index contributed by atoms with van der Waals surface area (Å²) < 4.78 is 0.917. The van der Waals surface area contributed by atoms with Crippen LogP contribution in [0.3, 0.4) is 0 Å². The zero-order chi connectivity index (χ0) is 23.3. The molecule has 1 N–H and O–H groups in total. The van der Waals surface area contributed by atoms with Gasteiger partial charge in [-0.25, -0.2) is 0 Å². The summed E-state index contributed by atoms with van der Waals surface area (Å²) in [6, 6.07) is 16.6. The predicted octanol–water partition coefficient (Wildman–Crippen LogP) is 6.13. The summed E-state index contributed by atoms with van der Waals surface area (Å²) in [6.45, 7) is 0. The molecule has 0 heterocycles. The minimum absolute atomic E-state index is 0.135. The Morgan fingerprint density at radius 3 is 2.22 bits per heavy atom. The highest BCUT2D eigenvalue weighted by molar-refractivity contribution is 9.10. The number of nitro groups is 2. The number of carbonyl (C=O) groups is 1. The standard InChI is InChI=1S/C22H15BrN2O6S/c23-17-6-1-14(2-7-17)13-32-21(12-15-3-10-20(26)19(11-15)25(30)31)22(27)16-4-8-18(9-5-16)24(28)29/h1-12,26H,13H2/b21-12+. The molecule has 0 aromatic heterocycles. The minimum atomic E-state index is -0.709. The van der Waals surface area contributed by atoms with Crippen LogP contribution >= 0.6 is 27.7 Å². The predicted molar refractivity (Wildman–Crippen MR) is 126 cm³/mol. The fourth-order valence-corrected chi connectivity index (χ4v) is 3.97. The molecule has 0 saturated heterocycles. The fraction of sp³-hybridized carbons (Fsp3) is 0.0455. The highest BCUT2D eigenvalue weighted by Crippen LogP contribution is 2.31. The third kappa shape index (κ3) is 5.80.